The predicted octanol–water partition coefficient (Wildman–Crippen LogP) is 3.51. The van der Waals surface area contributed by atoms with Crippen LogP contribution in [0.3, 0.4) is 0 Å². The number of thiophene rings is 1. The van der Waals surface area contributed by atoms with E-state index in [9.17, 15) is 9.18 Å². The summed E-state index contributed by atoms with van der Waals surface area (Å²) < 4.78 is 13.5. The van der Waals surface area contributed by atoms with Crippen LogP contribution in [0.2, 0.25) is 5.02 Å². The molecule has 1 aromatic heterocycles. The van der Waals surface area contributed by atoms with E-state index in [-0.39, 0.29) is 5.13 Å². The summed E-state index contributed by atoms with van der Waals surface area (Å²) in [7, 11) is 0. The van der Waals surface area contributed by atoms with Crippen LogP contribution in [0.4, 0.5) is 4.39 Å². The molecule has 1 nitrogen and oxygen atoms in total. The molecule has 2 aromatic rings. The van der Waals surface area contributed by atoms with Gasteiger partial charge in [-0.15, -0.1) is 11.3 Å². The highest BCUT2D eigenvalue weighted by Gasteiger charge is 2.08. The van der Waals surface area contributed by atoms with Gasteiger partial charge in [0, 0.05) is 10.9 Å². The van der Waals surface area contributed by atoms with E-state index in [2.05, 4.69) is 0 Å². The SMILES string of the molecule is O=Cc1ccc(Cl)c2sc(F)cc12. The standard InChI is InChI=1S/C9H4ClFOS/c10-7-2-1-5(4-12)6-3-8(11)13-9(6)7/h1-4H. The van der Waals surface area contributed by atoms with Gasteiger partial charge in [-0.25, -0.2) is 0 Å². The lowest BCUT2D eigenvalue weighted by Gasteiger charge is -1.95. The first kappa shape index (κ1) is 8.66. The lowest BCUT2D eigenvalue weighted by molar-refractivity contribution is 0.112. The first-order valence-corrected chi connectivity index (χ1v) is 4.74. The largest absolute Gasteiger partial charge is 0.298 e. The molecule has 0 amide bonds. The third-order valence-electron chi connectivity index (χ3n) is 1.77. The summed E-state index contributed by atoms with van der Waals surface area (Å²) in [6.45, 7) is 0. The summed E-state index contributed by atoms with van der Waals surface area (Å²) in [6.07, 6.45) is 0.699. The number of hydrogen-bond donors (Lipinski definition) is 0. The number of fused-ring (bicyclic) bond motifs is 1. The van der Waals surface area contributed by atoms with Crippen molar-refractivity contribution < 1.29 is 9.18 Å². The van der Waals surface area contributed by atoms with Gasteiger partial charge in [-0.05, 0) is 18.2 Å². The van der Waals surface area contributed by atoms with Crippen LogP contribution >= 0.6 is 22.9 Å². The molecule has 0 spiro atoms. The Balaban J connectivity index is 2.91. The van der Waals surface area contributed by atoms with Crippen LogP contribution in [0.25, 0.3) is 10.1 Å². The molecular weight excluding hydrogens is 211 g/mol. The molecular formula is C9H4ClFOS. The first-order valence-electron chi connectivity index (χ1n) is 3.55. The number of carbonyl (C=O) groups is 1. The van der Waals surface area contributed by atoms with Gasteiger partial charge in [0.1, 0.15) is 0 Å². The molecule has 0 saturated heterocycles. The van der Waals surface area contributed by atoms with Gasteiger partial charge in [0.2, 0.25) is 0 Å². The van der Waals surface area contributed by atoms with Gasteiger partial charge < -0.3 is 0 Å². The summed E-state index contributed by atoms with van der Waals surface area (Å²) in [5.74, 6) is 0. The van der Waals surface area contributed by atoms with E-state index in [0.717, 1.165) is 11.3 Å². The van der Waals surface area contributed by atoms with Crippen molar-refractivity contribution in [2.45, 2.75) is 0 Å². The van der Waals surface area contributed by atoms with Crippen molar-refractivity contribution in [1.82, 2.24) is 0 Å². The molecule has 0 unspecified atom stereocenters. The summed E-state index contributed by atoms with van der Waals surface area (Å²) in [5.41, 5.74) is 0.472. The Morgan fingerprint density at radius 2 is 2.23 bits per heavy atom. The Hall–Kier alpha value is -0.930. The number of hydrogen-bond acceptors (Lipinski definition) is 2. The van der Waals surface area contributed by atoms with Gasteiger partial charge in [0.25, 0.3) is 0 Å². The Morgan fingerprint density at radius 3 is 2.92 bits per heavy atom. The smallest absolute Gasteiger partial charge is 0.177 e. The van der Waals surface area contributed by atoms with Crippen molar-refractivity contribution in [2.24, 2.45) is 0 Å². The quantitative estimate of drug-likeness (QED) is 0.664. The first-order chi connectivity index (χ1) is 6.22. The van der Waals surface area contributed by atoms with Gasteiger partial charge >= 0.3 is 0 Å². The van der Waals surface area contributed by atoms with Crippen LogP contribution in [-0.2, 0) is 0 Å². The van der Waals surface area contributed by atoms with Crippen molar-refractivity contribution in [1.29, 1.82) is 0 Å². The van der Waals surface area contributed by atoms with E-state index in [4.69, 9.17) is 11.6 Å². The molecule has 1 aromatic carbocycles. The minimum Gasteiger partial charge on any atom is -0.298 e. The summed E-state index contributed by atoms with van der Waals surface area (Å²) in [6, 6.07) is 4.52. The molecule has 0 atom stereocenters. The highest BCUT2D eigenvalue weighted by atomic mass is 35.5. The molecule has 0 aliphatic carbocycles. The summed E-state index contributed by atoms with van der Waals surface area (Å²) in [5, 5.41) is 0.741. The number of benzene rings is 1. The van der Waals surface area contributed by atoms with Crippen LogP contribution in [0, 0.1) is 5.13 Å². The van der Waals surface area contributed by atoms with Crippen molar-refractivity contribution in [3.63, 3.8) is 0 Å². The van der Waals surface area contributed by atoms with Crippen LogP contribution < -0.4 is 0 Å². The molecule has 4 heteroatoms. The Bertz CT molecular complexity index is 478. The number of aldehydes is 1. The second-order valence-electron chi connectivity index (χ2n) is 2.55. The lowest BCUT2D eigenvalue weighted by atomic mass is 10.1. The van der Waals surface area contributed by atoms with Crippen LogP contribution in [0.15, 0.2) is 18.2 Å². The highest BCUT2D eigenvalue weighted by molar-refractivity contribution is 7.18. The molecule has 1 heterocycles. The minimum atomic E-state index is -0.328. The third kappa shape index (κ3) is 1.34. The zero-order valence-corrected chi connectivity index (χ0v) is 7.95. The molecule has 0 saturated carbocycles. The lowest BCUT2D eigenvalue weighted by Crippen LogP contribution is -1.79. The van der Waals surface area contributed by atoms with E-state index in [1.807, 2.05) is 0 Å². The minimum absolute atomic E-state index is 0.328. The molecule has 0 bridgehead atoms. The second-order valence-corrected chi connectivity index (χ2v) is 3.96. The van der Waals surface area contributed by atoms with Crippen LogP contribution in [0.1, 0.15) is 10.4 Å². The molecule has 13 heavy (non-hydrogen) atoms. The van der Waals surface area contributed by atoms with Crippen molar-refractivity contribution >= 4 is 39.3 Å². The predicted molar refractivity (Wildman–Crippen MR) is 52.2 cm³/mol. The van der Waals surface area contributed by atoms with E-state index in [1.165, 1.54) is 6.07 Å². The molecule has 66 valence electrons. The van der Waals surface area contributed by atoms with E-state index in [0.29, 0.717) is 27.0 Å². The average molecular weight is 215 g/mol. The Labute approximate surface area is 82.7 Å². The van der Waals surface area contributed by atoms with E-state index >= 15 is 0 Å². The van der Waals surface area contributed by atoms with Gasteiger partial charge in [-0.2, -0.15) is 4.39 Å². The van der Waals surface area contributed by atoms with Crippen LogP contribution in [-0.4, -0.2) is 6.29 Å². The molecule has 0 fully saturated rings. The topological polar surface area (TPSA) is 17.1 Å². The van der Waals surface area contributed by atoms with Gasteiger partial charge in [0.05, 0.1) is 9.72 Å². The zero-order valence-electron chi connectivity index (χ0n) is 6.38. The van der Waals surface area contributed by atoms with E-state index < -0.39 is 0 Å². The molecule has 0 aliphatic rings. The fourth-order valence-electron chi connectivity index (χ4n) is 1.18. The maximum Gasteiger partial charge on any atom is 0.177 e. The Morgan fingerprint density at radius 1 is 1.46 bits per heavy atom. The number of carbonyl (C=O) groups excluding carboxylic acids is 1. The van der Waals surface area contributed by atoms with Crippen molar-refractivity contribution in [2.75, 3.05) is 0 Å². The van der Waals surface area contributed by atoms with Gasteiger partial charge in [0.15, 0.2) is 11.4 Å². The summed E-state index contributed by atoms with van der Waals surface area (Å²) in [4.78, 5) is 10.6. The molecule has 0 N–H and O–H groups in total. The van der Waals surface area contributed by atoms with Crippen molar-refractivity contribution in [3.8, 4) is 0 Å². The highest BCUT2D eigenvalue weighted by Crippen LogP contribution is 2.32. The summed E-state index contributed by atoms with van der Waals surface area (Å²) >= 11 is 6.78. The fraction of sp³-hybridized carbons (Fsp3) is 0. The fourth-order valence-corrected chi connectivity index (χ4v) is 2.29. The average Bonchev–Trinajstić information content (AvgIpc) is 2.48. The number of halogens is 2. The third-order valence-corrected chi connectivity index (χ3v) is 3.15. The Kier molecular flexibility index (Phi) is 2.06. The zero-order chi connectivity index (χ0) is 9.42. The molecule has 2 rings (SSSR count). The monoisotopic (exact) mass is 214 g/mol. The van der Waals surface area contributed by atoms with Gasteiger partial charge in [-0.3, -0.25) is 4.79 Å². The van der Waals surface area contributed by atoms with Gasteiger partial charge in [-0.1, -0.05) is 11.6 Å². The number of rotatable bonds is 1. The molecule has 0 aliphatic heterocycles. The normalized spacial score (nSPS) is 10.6. The molecule has 0 radical (unpaired) electrons. The van der Waals surface area contributed by atoms with Crippen molar-refractivity contribution in [3.05, 3.63) is 33.9 Å². The second kappa shape index (κ2) is 3.09. The van der Waals surface area contributed by atoms with Crippen LogP contribution in [0.5, 0.6) is 0 Å². The van der Waals surface area contributed by atoms with E-state index in [1.54, 1.807) is 12.1 Å². The maximum atomic E-state index is 12.9. The maximum absolute atomic E-state index is 12.9.